The third-order valence-corrected chi connectivity index (χ3v) is 5.12. The normalized spacial score (nSPS) is 25.5. The van der Waals surface area contributed by atoms with Gasteiger partial charge in [0, 0.05) is 38.5 Å². The van der Waals surface area contributed by atoms with Crippen molar-refractivity contribution in [2.45, 2.75) is 32.5 Å². The van der Waals surface area contributed by atoms with Crippen molar-refractivity contribution >= 4 is 5.91 Å². The van der Waals surface area contributed by atoms with Gasteiger partial charge in [-0.3, -0.25) is 9.69 Å². The highest BCUT2D eigenvalue weighted by molar-refractivity contribution is 5.73. The van der Waals surface area contributed by atoms with Crippen LogP contribution in [0.4, 0.5) is 13.2 Å². The number of carbonyl (C=O) groups excluding carboxylic acids is 1. The Morgan fingerprint density at radius 2 is 1.87 bits per heavy atom. The average Bonchev–Trinajstić information content (AvgIpc) is 3.06. The van der Waals surface area contributed by atoms with E-state index < -0.39 is 11.7 Å². The maximum atomic E-state index is 13.1. The second-order valence-corrected chi connectivity index (χ2v) is 6.81. The second-order valence-electron chi connectivity index (χ2n) is 6.81. The number of hydrogen-bond donors (Lipinski definition) is 0. The van der Waals surface area contributed by atoms with E-state index in [0.717, 1.165) is 45.1 Å². The molecule has 1 unspecified atom stereocenters. The highest BCUT2D eigenvalue weighted by Gasteiger charge is 2.44. The van der Waals surface area contributed by atoms with Crippen LogP contribution < -0.4 is 0 Å². The molecule has 1 aromatic rings. The van der Waals surface area contributed by atoms with Crippen LogP contribution in [-0.4, -0.2) is 41.9 Å². The van der Waals surface area contributed by atoms with E-state index in [1.165, 1.54) is 6.07 Å². The molecule has 0 N–H and O–H groups in total. The van der Waals surface area contributed by atoms with Gasteiger partial charge in [-0.05, 0) is 31.0 Å². The lowest BCUT2D eigenvalue weighted by Crippen LogP contribution is -2.32. The number of amides is 1. The molecule has 0 aromatic heterocycles. The molecule has 0 saturated carbocycles. The molecule has 6 heteroatoms. The first-order valence-electron chi connectivity index (χ1n) is 7.92. The summed E-state index contributed by atoms with van der Waals surface area (Å²) in [6.45, 7) is 4.95. The summed E-state index contributed by atoms with van der Waals surface area (Å²) in [6.07, 6.45) is -2.41. The standard InChI is InChI=1S/C17H21F3N2O/c1-13(23)22-9-7-16(12-22)6-8-21(11-16)10-14-4-2-3-5-15(14)17(18,19)20/h2-5H,6-12H2,1H3. The van der Waals surface area contributed by atoms with Crippen molar-refractivity contribution in [1.82, 2.24) is 9.80 Å². The Balaban J connectivity index is 1.69. The first-order valence-corrected chi connectivity index (χ1v) is 7.92. The van der Waals surface area contributed by atoms with E-state index in [1.54, 1.807) is 19.1 Å². The Morgan fingerprint density at radius 1 is 1.17 bits per heavy atom. The van der Waals surface area contributed by atoms with E-state index in [2.05, 4.69) is 4.90 Å². The molecular weight excluding hydrogens is 305 g/mol. The van der Waals surface area contributed by atoms with Gasteiger partial charge in [-0.2, -0.15) is 13.2 Å². The van der Waals surface area contributed by atoms with Gasteiger partial charge in [0.2, 0.25) is 5.91 Å². The molecule has 2 fully saturated rings. The third kappa shape index (κ3) is 3.37. The quantitative estimate of drug-likeness (QED) is 0.833. The topological polar surface area (TPSA) is 23.6 Å². The van der Waals surface area contributed by atoms with Gasteiger partial charge in [0.1, 0.15) is 0 Å². The minimum Gasteiger partial charge on any atom is -0.342 e. The van der Waals surface area contributed by atoms with Crippen LogP contribution in [0.15, 0.2) is 24.3 Å². The second kappa shape index (κ2) is 5.82. The average molecular weight is 326 g/mol. The van der Waals surface area contributed by atoms with E-state index in [9.17, 15) is 18.0 Å². The summed E-state index contributed by atoms with van der Waals surface area (Å²) in [5.41, 5.74) is -0.144. The van der Waals surface area contributed by atoms with Gasteiger partial charge in [0.25, 0.3) is 0 Å². The molecule has 1 atom stereocenters. The van der Waals surface area contributed by atoms with Gasteiger partial charge in [0.15, 0.2) is 0 Å². The zero-order valence-electron chi connectivity index (χ0n) is 13.2. The fourth-order valence-electron chi connectivity index (χ4n) is 3.88. The van der Waals surface area contributed by atoms with Crippen LogP contribution in [0.3, 0.4) is 0 Å². The molecule has 3 nitrogen and oxygen atoms in total. The molecule has 0 aliphatic carbocycles. The van der Waals surface area contributed by atoms with E-state index in [0.29, 0.717) is 12.1 Å². The molecule has 2 aliphatic heterocycles. The smallest absolute Gasteiger partial charge is 0.342 e. The van der Waals surface area contributed by atoms with Crippen LogP contribution >= 0.6 is 0 Å². The molecule has 3 rings (SSSR count). The SMILES string of the molecule is CC(=O)N1CCC2(CCN(Cc3ccccc3C(F)(F)F)C2)C1. The molecule has 0 bridgehead atoms. The molecular formula is C17H21F3N2O. The largest absolute Gasteiger partial charge is 0.416 e. The third-order valence-electron chi connectivity index (χ3n) is 5.12. The Kier molecular flexibility index (Phi) is 4.12. The van der Waals surface area contributed by atoms with Crippen molar-refractivity contribution in [2.75, 3.05) is 26.2 Å². The highest BCUT2D eigenvalue weighted by Crippen LogP contribution is 2.40. The number of carbonyl (C=O) groups is 1. The maximum Gasteiger partial charge on any atom is 0.416 e. The number of nitrogens with zero attached hydrogens (tertiary/aromatic N) is 2. The van der Waals surface area contributed by atoms with E-state index in [4.69, 9.17) is 0 Å². The molecule has 23 heavy (non-hydrogen) atoms. The van der Waals surface area contributed by atoms with Crippen molar-refractivity contribution in [3.05, 3.63) is 35.4 Å². The fraction of sp³-hybridized carbons (Fsp3) is 0.588. The minimum absolute atomic E-state index is 0.0683. The maximum absolute atomic E-state index is 13.1. The van der Waals surface area contributed by atoms with Gasteiger partial charge >= 0.3 is 6.18 Å². The molecule has 2 saturated heterocycles. The molecule has 1 aromatic carbocycles. The number of benzene rings is 1. The van der Waals surface area contributed by atoms with Gasteiger partial charge in [-0.25, -0.2) is 0 Å². The summed E-state index contributed by atoms with van der Waals surface area (Å²) in [7, 11) is 0. The molecule has 0 radical (unpaired) electrons. The number of rotatable bonds is 2. The number of halogens is 3. The summed E-state index contributed by atoms with van der Waals surface area (Å²) in [6, 6.07) is 5.79. The van der Waals surface area contributed by atoms with Gasteiger partial charge < -0.3 is 4.90 Å². The predicted octanol–water partition coefficient (Wildman–Crippen LogP) is 3.15. The Bertz CT molecular complexity index is 602. The molecule has 1 spiro atoms. The van der Waals surface area contributed by atoms with E-state index in [1.807, 2.05) is 4.90 Å². The number of likely N-dealkylation sites (tertiary alicyclic amines) is 2. The molecule has 2 heterocycles. The van der Waals surface area contributed by atoms with Crippen LogP contribution in [0.5, 0.6) is 0 Å². The zero-order chi connectivity index (χ0) is 16.7. The van der Waals surface area contributed by atoms with Gasteiger partial charge in [0.05, 0.1) is 5.56 Å². The first kappa shape index (κ1) is 16.3. The Labute approximate surface area is 134 Å². The van der Waals surface area contributed by atoms with Crippen molar-refractivity contribution < 1.29 is 18.0 Å². The fourth-order valence-corrected chi connectivity index (χ4v) is 3.88. The Hall–Kier alpha value is -1.56. The van der Waals surface area contributed by atoms with Gasteiger partial charge in [-0.15, -0.1) is 0 Å². The summed E-state index contributed by atoms with van der Waals surface area (Å²) >= 11 is 0. The first-order chi connectivity index (χ1) is 10.8. The molecule has 126 valence electrons. The van der Waals surface area contributed by atoms with Crippen LogP contribution in [0.2, 0.25) is 0 Å². The summed E-state index contributed by atoms with van der Waals surface area (Å²) in [5.74, 6) is 0.0859. The lowest BCUT2D eigenvalue weighted by atomic mass is 9.86. The molecule has 2 aliphatic rings. The lowest BCUT2D eigenvalue weighted by molar-refractivity contribution is -0.138. The van der Waals surface area contributed by atoms with Crippen molar-refractivity contribution in [2.24, 2.45) is 5.41 Å². The predicted molar refractivity (Wildman–Crippen MR) is 80.6 cm³/mol. The van der Waals surface area contributed by atoms with E-state index in [-0.39, 0.29) is 11.3 Å². The highest BCUT2D eigenvalue weighted by atomic mass is 19.4. The lowest BCUT2D eigenvalue weighted by Gasteiger charge is -2.25. The zero-order valence-corrected chi connectivity index (χ0v) is 13.2. The van der Waals surface area contributed by atoms with E-state index >= 15 is 0 Å². The van der Waals surface area contributed by atoms with Gasteiger partial charge in [-0.1, -0.05) is 18.2 Å². The van der Waals surface area contributed by atoms with Crippen LogP contribution in [0, 0.1) is 5.41 Å². The van der Waals surface area contributed by atoms with Crippen LogP contribution in [0.25, 0.3) is 0 Å². The van der Waals surface area contributed by atoms with Crippen molar-refractivity contribution in [3.63, 3.8) is 0 Å². The summed E-state index contributed by atoms with van der Waals surface area (Å²) < 4.78 is 39.3. The molecule has 1 amide bonds. The number of alkyl halides is 3. The Morgan fingerprint density at radius 3 is 2.52 bits per heavy atom. The summed E-state index contributed by atoms with van der Waals surface area (Å²) in [5, 5.41) is 0. The van der Waals surface area contributed by atoms with Crippen molar-refractivity contribution in [1.29, 1.82) is 0 Å². The minimum atomic E-state index is -4.31. The van der Waals surface area contributed by atoms with Crippen LogP contribution in [-0.2, 0) is 17.5 Å². The van der Waals surface area contributed by atoms with Crippen molar-refractivity contribution in [3.8, 4) is 0 Å². The van der Waals surface area contributed by atoms with Crippen LogP contribution in [0.1, 0.15) is 30.9 Å². The summed E-state index contributed by atoms with van der Waals surface area (Å²) in [4.78, 5) is 15.4. The monoisotopic (exact) mass is 326 g/mol. The number of hydrogen-bond acceptors (Lipinski definition) is 2.